The maximum absolute atomic E-state index is 12.8. The third-order valence-electron chi connectivity index (χ3n) is 5.24. The number of methoxy groups -OCH3 is 2. The minimum Gasteiger partial charge on any atom is -0.508 e. The molecule has 0 saturated heterocycles. The molecular weight excluding hydrogens is 436 g/mol. The number of aromatic hydroxyl groups is 2. The number of ether oxygens (including phenoxy) is 2. The van der Waals surface area contributed by atoms with Gasteiger partial charge in [-0.05, 0) is 65.7 Å². The number of hydrogen-bond acceptors (Lipinski definition) is 6. The van der Waals surface area contributed by atoms with Crippen molar-refractivity contribution in [1.29, 1.82) is 0 Å². The predicted molar refractivity (Wildman–Crippen MR) is 128 cm³/mol. The first-order valence-electron chi connectivity index (χ1n) is 10.3. The summed E-state index contributed by atoms with van der Waals surface area (Å²) >= 11 is 0. The molecule has 0 aliphatic carbocycles. The van der Waals surface area contributed by atoms with Crippen molar-refractivity contribution < 1.29 is 24.5 Å². The molecule has 0 atom stereocenters. The third kappa shape index (κ3) is 4.56. The van der Waals surface area contributed by atoms with Gasteiger partial charge in [-0.1, -0.05) is 18.2 Å². The largest absolute Gasteiger partial charge is 0.508 e. The Morgan fingerprint density at radius 3 is 2.29 bits per heavy atom. The number of benzene rings is 3. The van der Waals surface area contributed by atoms with Crippen LogP contribution in [0.5, 0.6) is 23.0 Å². The lowest BCUT2D eigenvalue weighted by atomic mass is 10.1. The fourth-order valence-electron chi connectivity index (χ4n) is 3.46. The SMILES string of the molecule is COc1cc(/C=C/C(=O)c2cccc(-n3cc(-c4ccc(O)cc4)[nH]c3=O)c2)cc(OC)c1O. The summed E-state index contributed by atoms with van der Waals surface area (Å²) in [5, 5.41) is 19.5. The van der Waals surface area contributed by atoms with Crippen LogP contribution >= 0.6 is 0 Å². The molecule has 0 aliphatic rings. The molecule has 0 amide bonds. The van der Waals surface area contributed by atoms with E-state index in [9.17, 15) is 19.8 Å². The van der Waals surface area contributed by atoms with Gasteiger partial charge in [0, 0.05) is 11.8 Å². The molecule has 4 aromatic rings. The van der Waals surface area contributed by atoms with Gasteiger partial charge in [0.25, 0.3) is 0 Å². The van der Waals surface area contributed by atoms with Crippen LogP contribution in [0.2, 0.25) is 0 Å². The first kappa shape index (κ1) is 22.5. The second-order valence-corrected chi connectivity index (χ2v) is 7.41. The van der Waals surface area contributed by atoms with E-state index in [4.69, 9.17) is 9.47 Å². The van der Waals surface area contributed by atoms with Gasteiger partial charge in [-0.2, -0.15) is 0 Å². The number of phenolic OH excluding ortho intramolecular Hbond substituents is 2. The second-order valence-electron chi connectivity index (χ2n) is 7.41. The molecule has 0 saturated carbocycles. The molecule has 0 spiro atoms. The Kier molecular flexibility index (Phi) is 6.22. The number of carbonyl (C=O) groups excluding carboxylic acids is 1. The molecular formula is C26H22N2O6. The van der Waals surface area contributed by atoms with Crippen LogP contribution in [0.25, 0.3) is 23.0 Å². The molecule has 4 rings (SSSR count). The standard InChI is InChI=1S/C26H22N2O6/c1-33-23-12-16(13-24(34-2)25(23)31)6-11-22(30)18-4-3-5-19(14-18)28-15-21(27-26(28)32)17-7-9-20(29)10-8-17/h3-15,29,31H,1-2H3,(H,27,32)/b11-6+. The minimum absolute atomic E-state index is 0.121. The average Bonchev–Trinajstić information content (AvgIpc) is 3.25. The number of rotatable bonds is 7. The number of phenols is 2. The molecule has 0 radical (unpaired) electrons. The molecule has 3 aromatic carbocycles. The fourth-order valence-corrected chi connectivity index (χ4v) is 3.46. The lowest BCUT2D eigenvalue weighted by molar-refractivity contribution is 0.104. The highest BCUT2D eigenvalue weighted by molar-refractivity contribution is 6.07. The van der Waals surface area contributed by atoms with E-state index in [-0.39, 0.29) is 34.5 Å². The maximum Gasteiger partial charge on any atom is 0.330 e. The summed E-state index contributed by atoms with van der Waals surface area (Å²) in [7, 11) is 2.85. The quantitative estimate of drug-likeness (QED) is 0.283. The van der Waals surface area contributed by atoms with Gasteiger partial charge in [0.15, 0.2) is 17.3 Å². The number of hydrogen-bond donors (Lipinski definition) is 3. The molecule has 8 heteroatoms. The normalized spacial score (nSPS) is 11.0. The Hall–Kier alpha value is -4.72. The van der Waals surface area contributed by atoms with Crippen molar-refractivity contribution in [2.75, 3.05) is 14.2 Å². The number of H-pyrrole nitrogens is 1. The molecule has 34 heavy (non-hydrogen) atoms. The molecule has 3 N–H and O–H groups in total. The van der Waals surface area contributed by atoms with Gasteiger partial charge >= 0.3 is 5.69 Å². The van der Waals surface area contributed by atoms with E-state index in [0.717, 1.165) is 5.56 Å². The van der Waals surface area contributed by atoms with E-state index in [0.29, 0.717) is 22.5 Å². The van der Waals surface area contributed by atoms with Gasteiger partial charge in [-0.3, -0.25) is 9.36 Å². The topological polar surface area (TPSA) is 114 Å². The van der Waals surface area contributed by atoms with Crippen LogP contribution in [0.4, 0.5) is 0 Å². The smallest absolute Gasteiger partial charge is 0.330 e. The molecule has 0 bridgehead atoms. The highest BCUT2D eigenvalue weighted by atomic mass is 16.5. The van der Waals surface area contributed by atoms with Gasteiger partial charge < -0.3 is 24.7 Å². The molecule has 0 unspecified atom stereocenters. The van der Waals surface area contributed by atoms with Gasteiger partial charge in [0.1, 0.15) is 5.75 Å². The lowest BCUT2D eigenvalue weighted by Gasteiger charge is -2.09. The highest BCUT2D eigenvalue weighted by Crippen LogP contribution is 2.37. The Balaban J connectivity index is 1.60. The van der Waals surface area contributed by atoms with Crippen LogP contribution in [0.1, 0.15) is 15.9 Å². The number of nitrogens with one attached hydrogen (secondary N) is 1. The average molecular weight is 458 g/mol. The van der Waals surface area contributed by atoms with E-state index >= 15 is 0 Å². The zero-order valence-electron chi connectivity index (χ0n) is 18.5. The van der Waals surface area contributed by atoms with Crippen molar-refractivity contribution in [3.8, 4) is 39.9 Å². The molecule has 0 aliphatic heterocycles. The predicted octanol–water partition coefficient (Wildman–Crippen LogP) is 4.16. The highest BCUT2D eigenvalue weighted by Gasteiger charge is 2.12. The summed E-state index contributed by atoms with van der Waals surface area (Å²) < 4.78 is 11.7. The monoisotopic (exact) mass is 458 g/mol. The van der Waals surface area contributed by atoms with Crippen LogP contribution < -0.4 is 15.2 Å². The first-order chi connectivity index (χ1) is 16.4. The Morgan fingerprint density at radius 1 is 0.971 bits per heavy atom. The number of ketones is 1. The van der Waals surface area contributed by atoms with E-state index in [1.807, 2.05) is 0 Å². The number of allylic oxidation sites excluding steroid dienone is 1. The number of carbonyl (C=O) groups is 1. The molecule has 0 fully saturated rings. The first-order valence-corrected chi connectivity index (χ1v) is 10.3. The molecule has 1 aromatic heterocycles. The van der Waals surface area contributed by atoms with Gasteiger partial charge in [-0.25, -0.2) is 4.79 Å². The minimum atomic E-state index is -0.355. The molecule has 8 nitrogen and oxygen atoms in total. The molecule has 172 valence electrons. The van der Waals surface area contributed by atoms with Crippen molar-refractivity contribution in [3.63, 3.8) is 0 Å². The van der Waals surface area contributed by atoms with Crippen LogP contribution in [0, 0.1) is 0 Å². The summed E-state index contributed by atoms with van der Waals surface area (Å²) in [5.41, 5.74) is 2.49. The second kappa shape index (κ2) is 9.41. The van der Waals surface area contributed by atoms with Crippen LogP contribution in [0.15, 0.2) is 77.7 Å². The van der Waals surface area contributed by atoms with Crippen molar-refractivity contribution >= 4 is 11.9 Å². The van der Waals surface area contributed by atoms with Gasteiger partial charge in [0.05, 0.1) is 25.6 Å². The van der Waals surface area contributed by atoms with E-state index in [2.05, 4.69) is 4.98 Å². The van der Waals surface area contributed by atoms with Crippen molar-refractivity contribution in [3.05, 3.63) is 94.5 Å². The van der Waals surface area contributed by atoms with Crippen molar-refractivity contribution in [2.45, 2.75) is 0 Å². The fraction of sp³-hybridized carbons (Fsp3) is 0.0769. The van der Waals surface area contributed by atoms with Gasteiger partial charge in [0.2, 0.25) is 5.75 Å². The summed E-state index contributed by atoms with van der Waals surface area (Å²) in [5.74, 6) is 0.198. The third-order valence-corrected chi connectivity index (χ3v) is 5.24. The van der Waals surface area contributed by atoms with E-state index < -0.39 is 0 Å². The number of imidazole rings is 1. The molecule has 1 heterocycles. The Labute approximate surface area is 195 Å². The maximum atomic E-state index is 12.8. The van der Waals surface area contributed by atoms with Crippen LogP contribution in [0.3, 0.4) is 0 Å². The summed E-state index contributed by atoms with van der Waals surface area (Å²) in [6.07, 6.45) is 4.63. The summed E-state index contributed by atoms with van der Waals surface area (Å²) in [6.45, 7) is 0. The summed E-state index contributed by atoms with van der Waals surface area (Å²) in [4.78, 5) is 28.1. The van der Waals surface area contributed by atoms with Crippen LogP contribution in [-0.2, 0) is 0 Å². The number of aromatic amines is 1. The van der Waals surface area contributed by atoms with Gasteiger partial charge in [-0.15, -0.1) is 0 Å². The zero-order valence-corrected chi connectivity index (χ0v) is 18.5. The van der Waals surface area contributed by atoms with E-state index in [1.165, 1.54) is 37.0 Å². The lowest BCUT2D eigenvalue weighted by Crippen LogP contribution is -2.14. The Morgan fingerprint density at radius 2 is 1.65 bits per heavy atom. The van der Waals surface area contributed by atoms with Crippen molar-refractivity contribution in [2.24, 2.45) is 0 Å². The Bertz CT molecular complexity index is 1410. The van der Waals surface area contributed by atoms with Crippen LogP contribution in [-0.4, -0.2) is 39.8 Å². The van der Waals surface area contributed by atoms with Crippen molar-refractivity contribution in [1.82, 2.24) is 9.55 Å². The number of nitrogens with zero attached hydrogens (tertiary/aromatic N) is 1. The zero-order chi connectivity index (χ0) is 24.2. The number of aromatic nitrogens is 2. The summed E-state index contributed by atoms with van der Waals surface area (Å²) in [6, 6.07) is 16.4. The van der Waals surface area contributed by atoms with E-state index in [1.54, 1.807) is 60.8 Å².